The molecule has 1 aliphatic carbocycles. The molecule has 0 heterocycles. The maximum absolute atomic E-state index is 8.62. The topological polar surface area (TPSA) is 23.8 Å². The van der Waals surface area contributed by atoms with E-state index in [0.29, 0.717) is 5.41 Å². The Morgan fingerprint density at radius 2 is 2.00 bits per heavy atom. The zero-order valence-electron chi connectivity index (χ0n) is 7.72. The minimum absolute atomic E-state index is 0.238. The van der Waals surface area contributed by atoms with Crippen molar-refractivity contribution in [2.75, 3.05) is 0 Å². The molecule has 2 atom stereocenters. The minimum Gasteiger partial charge on any atom is -0.198 e. The first-order chi connectivity index (χ1) is 5.08. The van der Waals surface area contributed by atoms with E-state index in [1.165, 1.54) is 12.8 Å². The summed E-state index contributed by atoms with van der Waals surface area (Å²) in [5.41, 5.74) is 0.588. The predicted molar refractivity (Wildman–Crippen MR) is 45.9 cm³/mol. The van der Waals surface area contributed by atoms with Crippen LogP contribution in [-0.4, -0.2) is 0 Å². The zero-order valence-corrected chi connectivity index (χ0v) is 7.72. The monoisotopic (exact) mass is 151 g/mol. The van der Waals surface area contributed by atoms with Crippen molar-refractivity contribution in [3.8, 4) is 6.07 Å². The van der Waals surface area contributed by atoms with Gasteiger partial charge in [-0.15, -0.1) is 0 Å². The molecule has 2 unspecified atom stereocenters. The fourth-order valence-corrected chi connectivity index (χ4v) is 1.56. The Kier molecular flexibility index (Phi) is 2.23. The largest absolute Gasteiger partial charge is 0.198 e. The second-order valence-corrected chi connectivity index (χ2v) is 4.32. The van der Waals surface area contributed by atoms with Gasteiger partial charge in [-0.1, -0.05) is 13.8 Å². The van der Waals surface area contributed by atoms with Crippen LogP contribution < -0.4 is 0 Å². The molecule has 0 radical (unpaired) electrons. The lowest BCUT2D eigenvalue weighted by Crippen LogP contribution is -2.11. The van der Waals surface area contributed by atoms with Gasteiger partial charge in [-0.25, -0.2) is 0 Å². The SMILES string of the molecule is CC(C#N)CC(C)C1(C)CC1. The van der Waals surface area contributed by atoms with Crippen molar-refractivity contribution in [1.82, 2.24) is 0 Å². The fourth-order valence-electron chi connectivity index (χ4n) is 1.56. The van der Waals surface area contributed by atoms with Crippen molar-refractivity contribution < 1.29 is 0 Å². The normalized spacial score (nSPS) is 25.3. The molecule has 62 valence electrons. The molecule has 0 aliphatic heterocycles. The van der Waals surface area contributed by atoms with Gasteiger partial charge in [-0.05, 0) is 37.5 Å². The molecule has 1 heteroatoms. The molecule has 0 aromatic carbocycles. The van der Waals surface area contributed by atoms with Crippen LogP contribution in [0.5, 0.6) is 0 Å². The van der Waals surface area contributed by atoms with Crippen LogP contribution in [0.3, 0.4) is 0 Å². The van der Waals surface area contributed by atoms with Crippen LogP contribution in [0, 0.1) is 28.6 Å². The molecule has 0 spiro atoms. The maximum atomic E-state index is 8.62. The Hall–Kier alpha value is -0.510. The Bertz CT molecular complexity index is 174. The molecule has 11 heavy (non-hydrogen) atoms. The van der Waals surface area contributed by atoms with Gasteiger partial charge in [-0.2, -0.15) is 5.26 Å². The first-order valence-electron chi connectivity index (χ1n) is 4.48. The van der Waals surface area contributed by atoms with E-state index in [-0.39, 0.29) is 5.92 Å². The third-order valence-corrected chi connectivity index (χ3v) is 3.16. The van der Waals surface area contributed by atoms with Crippen molar-refractivity contribution in [3.05, 3.63) is 0 Å². The number of rotatable bonds is 3. The number of hydrogen-bond acceptors (Lipinski definition) is 1. The van der Waals surface area contributed by atoms with Gasteiger partial charge in [0.1, 0.15) is 0 Å². The van der Waals surface area contributed by atoms with Gasteiger partial charge >= 0.3 is 0 Å². The third-order valence-electron chi connectivity index (χ3n) is 3.16. The van der Waals surface area contributed by atoms with E-state index in [4.69, 9.17) is 5.26 Å². The van der Waals surface area contributed by atoms with Gasteiger partial charge < -0.3 is 0 Å². The first-order valence-corrected chi connectivity index (χ1v) is 4.48. The number of nitrogens with zero attached hydrogens (tertiary/aromatic N) is 1. The lowest BCUT2D eigenvalue weighted by Gasteiger charge is -2.19. The lowest BCUT2D eigenvalue weighted by molar-refractivity contribution is 0.318. The van der Waals surface area contributed by atoms with Gasteiger partial charge in [0, 0.05) is 5.92 Å². The second kappa shape index (κ2) is 2.85. The highest BCUT2D eigenvalue weighted by molar-refractivity contribution is 4.95. The molecule has 1 saturated carbocycles. The zero-order chi connectivity index (χ0) is 8.48. The van der Waals surface area contributed by atoms with Crippen LogP contribution in [0.15, 0.2) is 0 Å². The summed E-state index contributed by atoms with van der Waals surface area (Å²) in [5.74, 6) is 0.972. The van der Waals surface area contributed by atoms with Crippen LogP contribution in [0.25, 0.3) is 0 Å². The van der Waals surface area contributed by atoms with Crippen LogP contribution in [-0.2, 0) is 0 Å². The molecule has 0 aromatic heterocycles. The van der Waals surface area contributed by atoms with E-state index in [9.17, 15) is 0 Å². The van der Waals surface area contributed by atoms with E-state index in [1.54, 1.807) is 0 Å². The molecule has 0 aromatic rings. The summed E-state index contributed by atoms with van der Waals surface area (Å²) < 4.78 is 0. The van der Waals surface area contributed by atoms with Gasteiger partial charge in [0.2, 0.25) is 0 Å². The Morgan fingerprint density at radius 1 is 1.45 bits per heavy atom. The molecule has 0 saturated heterocycles. The lowest BCUT2D eigenvalue weighted by atomic mass is 9.85. The van der Waals surface area contributed by atoms with Gasteiger partial charge in [0.15, 0.2) is 0 Å². The van der Waals surface area contributed by atoms with Crippen LogP contribution in [0.4, 0.5) is 0 Å². The van der Waals surface area contributed by atoms with Crippen molar-refractivity contribution >= 4 is 0 Å². The first kappa shape index (κ1) is 8.59. The summed E-state index contributed by atoms with van der Waals surface area (Å²) in [7, 11) is 0. The summed E-state index contributed by atoms with van der Waals surface area (Å²) in [5, 5.41) is 8.62. The standard InChI is InChI=1S/C10H17N/c1-8(7-11)6-9(2)10(3)4-5-10/h8-9H,4-6H2,1-3H3. The van der Waals surface area contributed by atoms with Crippen molar-refractivity contribution in [2.24, 2.45) is 17.3 Å². The van der Waals surface area contributed by atoms with Gasteiger partial charge in [0.25, 0.3) is 0 Å². The molecular weight excluding hydrogens is 134 g/mol. The van der Waals surface area contributed by atoms with Gasteiger partial charge in [-0.3, -0.25) is 0 Å². The summed E-state index contributed by atoms with van der Waals surface area (Å²) >= 11 is 0. The van der Waals surface area contributed by atoms with Crippen LogP contribution >= 0.6 is 0 Å². The molecule has 1 aliphatic rings. The average Bonchev–Trinajstić information content (AvgIpc) is 2.69. The molecular formula is C10H17N. The van der Waals surface area contributed by atoms with Crippen LogP contribution in [0.2, 0.25) is 0 Å². The number of nitriles is 1. The number of hydrogen-bond donors (Lipinski definition) is 0. The highest BCUT2D eigenvalue weighted by Gasteiger charge is 2.42. The predicted octanol–water partition coefficient (Wildman–Crippen LogP) is 2.97. The quantitative estimate of drug-likeness (QED) is 0.608. The summed E-state index contributed by atoms with van der Waals surface area (Å²) in [6.45, 7) is 6.63. The minimum atomic E-state index is 0.238. The smallest absolute Gasteiger partial charge is 0.0652 e. The highest BCUT2D eigenvalue weighted by Crippen LogP contribution is 2.53. The van der Waals surface area contributed by atoms with E-state index in [0.717, 1.165) is 12.3 Å². The molecule has 0 N–H and O–H groups in total. The Morgan fingerprint density at radius 3 is 2.36 bits per heavy atom. The molecule has 0 amide bonds. The molecule has 1 nitrogen and oxygen atoms in total. The van der Waals surface area contributed by atoms with E-state index in [2.05, 4.69) is 19.9 Å². The Labute approximate surface area is 69.4 Å². The van der Waals surface area contributed by atoms with Crippen LogP contribution in [0.1, 0.15) is 40.0 Å². The van der Waals surface area contributed by atoms with Gasteiger partial charge in [0.05, 0.1) is 6.07 Å². The summed E-state index contributed by atoms with van der Waals surface area (Å²) in [6.07, 6.45) is 3.81. The van der Waals surface area contributed by atoms with Crippen molar-refractivity contribution in [1.29, 1.82) is 5.26 Å². The summed E-state index contributed by atoms with van der Waals surface area (Å²) in [6, 6.07) is 2.30. The fraction of sp³-hybridized carbons (Fsp3) is 0.900. The van der Waals surface area contributed by atoms with Crippen molar-refractivity contribution in [2.45, 2.75) is 40.0 Å². The average molecular weight is 151 g/mol. The van der Waals surface area contributed by atoms with Crippen molar-refractivity contribution in [3.63, 3.8) is 0 Å². The highest BCUT2D eigenvalue weighted by atomic mass is 14.5. The maximum Gasteiger partial charge on any atom is 0.0652 e. The van der Waals surface area contributed by atoms with E-state index >= 15 is 0 Å². The van der Waals surface area contributed by atoms with E-state index < -0.39 is 0 Å². The molecule has 1 rings (SSSR count). The van der Waals surface area contributed by atoms with E-state index in [1.807, 2.05) is 6.92 Å². The third kappa shape index (κ3) is 1.96. The molecule has 1 fully saturated rings. The Balaban J connectivity index is 2.33. The second-order valence-electron chi connectivity index (χ2n) is 4.32. The molecule has 0 bridgehead atoms. The summed E-state index contributed by atoms with van der Waals surface area (Å²) in [4.78, 5) is 0.